The van der Waals surface area contributed by atoms with Gasteiger partial charge in [-0.1, -0.05) is 0 Å². The summed E-state index contributed by atoms with van der Waals surface area (Å²) in [6, 6.07) is 1.23. The fourth-order valence-electron chi connectivity index (χ4n) is 2.93. The molecule has 1 aromatic rings. The summed E-state index contributed by atoms with van der Waals surface area (Å²) < 4.78 is 2.05. The number of aromatic nitrogens is 2. The zero-order valence-corrected chi connectivity index (χ0v) is 10.2. The smallest absolute Gasteiger partial charge is 0.0540 e. The predicted molar refractivity (Wildman–Crippen MR) is 64.2 cm³/mol. The fourth-order valence-corrected chi connectivity index (χ4v) is 2.93. The minimum atomic E-state index is 0.549. The van der Waals surface area contributed by atoms with Gasteiger partial charge in [0.2, 0.25) is 0 Å². The van der Waals surface area contributed by atoms with Crippen molar-refractivity contribution >= 4 is 0 Å². The van der Waals surface area contributed by atoms with Crippen LogP contribution in [-0.2, 0) is 13.5 Å². The monoisotopic (exact) mass is 219 g/mol. The minimum Gasteiger partial charge on any atom is -0.307 e. The van der Waals surface area contributed by atoms with Gasteiger partial charge in [-0.05, 0) is 44.9 Å². The third kappa shape index (κ3) is 1.77. The number of rotatable bonds is 3. The highest BCUT2D eigenvalue weighted by Gasteiger charge is 2.31. The van der Waals surface area contributed by atoms with Gasteiger partial charge < -0.3 is 5.32 Å². The second-order valence-corrected chi connectivity index (χ2v) is 5.41. The maximum Gasteiger partial charge on any atom is 0.0540 e. The Morgan fingerprint density at radius 1 is 1.44 bits per heavy atom. The molecule has 0 bridgehead atoms. The first-order valence-electron chi connectivity index (χ1n) is 6.52. The lowest BCUT2D eigenvalue weighted by Gasteiger charge is -2.27. The van der Waals surface area contributed by atoms with Crippen LogP contribution in [0, 0.1) is 5.92 Å². The van der Waals surface area contributed by atoms with Crippen molar-refractivity contribution in [1.82, 2.24) is 15.1 Å². The molecule has 1 saturated carbocycles. The molecule has 2 aliphatic carbocycles. The largest absolute Gasteiger partial charge is 0.307 e. The summed E-state index contributed by atoms with van der Waals surface area (Å²) in [7, 11) is 2.06. The van der Waals surface area contributed by atoms with Crippen molar-refractivity contribution in [2.24, 2.45) is 13.0 Å². The summed E-state index contributed by atoms with van der Waals surface area (Å²) >= 11 is 0. The highest BCUT2D eigenvalue weighted by atomic mass is 15.3. The summed E-state index contributed by atoms with van der Waals surface area (Å²) in [5, 5.41) is 8.19. The van der Waals surface area contributed by atoms with Crippen LogP contribution in [0.1, 0.15) is 49.9 Å². The van der Waals surface area contributed by atoms with Crippen LogP contribution in [-0.4, -0.2) is 15.8 Å². The van der Waals surface area contributed by atoms with Crippen LogP contribution in [0.5, 0.6) is 0 Å². The molecule has 2 unspecified atom stereocenters. The van der Waals surface area contributed by atoms with E-state index in [4.69, 9.17) is 0 Å². The van der Waals surface area contributed by atoms with Crippen molar-refractivity contribution in [3.63, 3.8) is 0 Å². The SMILES string of the molecule is CC(NC1CCCc2c1cnn2C)C1CC1. The van der Waals surface area contributed by atoms with Crippen LogP contribution in [0.2, 0.25) is 0 Å². The van der Waals surface area contributed by atoms with Crippen molar-refractivity contribution in [3.8, 4) is 0 Å². The van der Waals surface area contributed by atoms with Gasteiger partial charge >= 0.3 is 0 Å². The summed E-state index contributed by atoms with van der Waals surface area (Å²) in [5.41, 5.74) is 2.88. The van der Waals surface area contributed by atoms with E-state index in [2.05, 4.69) is 30.6 Å². The lowest BCUT2D eigenvalue weighted by Crippen LogP contribution is -2.34. The molecule has 0 spiro atoms. The molecule has 16 heavy (non-hydrogen) atoms. The maximum absolute atomic E-state index is 4.39. The molecule has 0 aliphatic heterocycles. The van der Waals surface area contributed by atoms with Crippen LogP contribution < -0.4 is 5.32 Å². The van der Waals surface area contributed by atoms with Crippen LogP contribution in [0.15, 0.2) is 6.20 Å². The normalized spacial score (nSPS) is 26.5. The molecular formula is C13H21N3. The van der Waals surface area contributed by atoms with Gasteiger partial charge in [-0.25, -0.2) is 0 Å². The van der Waals surface area contributed by atoms with Crippen LogP contribution in [0.4, 0.5) is 0 Å². The van der Waals surface area contributed by atoms with Gasteiger partial charge in [-0.2, -0.15) is 5.10 Å². The third-order valence-corrected chi connectivity index (χ3v) is 4.17. The molecule has 3 nitrogen and oxygen atoms in total. The molecule has 2 aliphatic rings. The molecule has 0 radical (unpaired) electrons. The van der Waals surface area contributed by atoms with Crippen molar-refractivity contribution in [3.05, 3.63) is 17.5 Å². The van der Waals surface area contributed by atoms with Crippen LogP contribution in [0.25, 0.3) is 0 Å². The molecule has 88 valence electrons. The average Bonchev–Trinajstić information content (AvgIpc) is 3.05. The predicted octanol–water partition coefficient (Wildman–Crippen LogP) is 2.19. The van der Waals surface area contributed by atoms with Crippen LogP contribution >= 0.6 is 0 Å². The Morgan fingerprint density at radius 3 is 3.00 bits per heavy atom. The van der Waals surface area contributed by atoms with Gasteiger partial charge in [-0.15, -0.1) is 0 Å². The topological polar surface area (TPSA) is 29.9 Å². The first-order chi connectivity index (χ1) is 7.75. The average molecular weight is 219 g/mol. The Morgan fingerprint density at radius 2 is 2.25 bits per heavy atom. The Hall–Kier alpha value is -0.830. The van der Waals surface area contributed by atoms with E-state index in [-0.39, 0.29) is 0 Å². The first kappa shape index (κ1) is 10.3. The van der Waals surface area contributed by atoms with Gasteiger partial charge in [0.25, 0.3) is 0 Å². The molecule has 2 atom stereocenters. The highest BCUT2D eigenvalue weighted by molar-refractivity contribution is 5.24. The molecule has 1 heterocycles. The number of hydrogen-bond donors (Lipinski definition) is 1. The molecule has 3 rings (SSSR count). The van der Waals surface area contributed by atoms with Crippen LogP contribution in [0.3, 0.4) is 0 Å². The number of aryl methyl sites for hydroxylation is 1. The molecule has 1 fully saturated rings. The third-order valence-electron chi connectivity index (χ3n) is 4.17. The van der Waals surface area contributed by atoms with E-state index < -0.39 is 0 Å². The molecule has 0 amide bonds. The molecule has 1 N–H and O–H groups in total. The number of fused-ring (bicyclic) bond motifs is 1. The fraction of sp³-hybridized carbons (Fsp3) is 0.769. The summed E-state index contributed by atoms with van der Waals surface area (Å²) in [5.74, 6) is 0.932. The van der Waals surface area contributed by atoms with E-state index in [1.54, 1.807) is 0 Å². The van der Waals surface area contributed by atoms with Crippen molar-refractivity contribution < 1.29 is 0 Å². The van der Waals surface area contributed by atoms with Crippen molar-refractivity contribution in [2.45, 2.75) is 51.1 Å². The Labute approximate surface area is 97.2 Å². The van der Waals surface area contributed by atoms with Gasteiger partial charge in [0.15, 0.2) is 0 Å². The molecule has 1 aromatic heterocycles. The number of hydrogen-bond acceptors (Lipinski definition) is 2. The van der Waals surface area contributed by atoms with Gasteiger partial charge in [0.1, 0.15) is 0 Å². The van der Waals surface area contributed by atoms with E-state index in [0.29, 0.717) is 12.1 Å². The Kier molecular flexibility index (Phi) is 2.51. The zero-order chi connectivity index (χ0) is 11.1. The maximum atomic E-state index is 4.39. The van der Waals surface area contributed by atoms with E-state index in [1.807, 2.05) is 4.68 Å². The first-order valence-corrected chi connectivity index (χ1v) is 6.52. The summed E-state index contributed by atoms with van der Waals surface area (Å²) in [6.45, 7) is 2.34. The minimum absolute atomic E-state index is 0.549. The second kappa shape index (κ2) is 3.88. The summed E-state index contributed by atoms with van der Waals surface area (Å²) in [6.07, 6.45) is 8.66. The van der Waals surface area contributed by atoms with E-state index in [0.717, 1.165) is 5.92 Å². The number of nitrogens with one attached hydrogen (secondary N) is 1. The highest BCUT2D eigenvalue weighted by Crippen LogP contribution is 2.35. The van der Waals surface area contributed by atoms with Gasteiger partial charge in [0, 0.05) is 30.4 Å². The van der Waals surface area contributed by atoms with Gasteiger partial charge in [-0.3, -0.25) is 4.68 Å². The Bertz CT molecular complexity index is 379. The van der Waals surface area contributed by atoms with E-state index in [1.165, 1.54) is 43.4 Å². The lowest BCUT2D eigenvalue weighted by molar-refractivity contribution is 0.382. The Balaban J connectivity index is 1.76. The summed E-state index contributed by atoms with van der Waals surface area (Å²) in [4.78, 5) is 0. The molecule has 3 heteroatoms. The lowest BCUT2D eigenvalue weighted by atomic mass is 9.92. The number of nitrogens with zero attached hydrogens (tertiary/aromatic N) is 2. The second-order valence-electron chi connectivity index (χ2n) is 5.41. The van der Waals surface area contributed by atoms with E-state index >= 15 is 0 Å². The quantitative estimate of drug-likeness (QED) is 0.844. The van der Waals surface area contributed by atoms with Gasteiger partial charge in [0.05, 0.1) is 6.20 Å². The van der Waals surface area contributed by atoms with Crippen molar-refractivity contribution in [1.29, 1.82) is 0 Å². The van der Waals surface area contributed by atoms with Crippen molar-refractivity contribution in [2.75, 3.05) is 0 Å². The molecule has 0 saturated heterocycles. The molecular weight excluding hydrogens is 198 g/mol. The standard InChI is InChI=1S/C13H21N3/c1-9(10-6-7-10)15-12-4-3-5-13-11(12)8-14-16(13)2/h8-10,12,15H,3-7H2,1-2H3. The van der Waals surface area contributed by atoms with E-state index in [9.17, 15) is 0 Å². The molecule has 0 aromatic carbocycles. The zero-order valence-electron chi connectivity index (χ0n) is 10.2.